The summed E-state index contributed by atoms with van der Waals surface area (Å²) < 4.78 is 18.6. The Morgan fingerprint density at radius 1 is 1.19 bits per heavy atom. The molecule has 0 unspecified atom stereocenters. The molecule has 7 heteroatoms. The SMILES string of the molecule is O=C(Nc1ccc2c(c1)OCC(=O)N2Cc1ccc(F)cc1)c1cccs1. The summed E-state index contributed by atoms with van der Waals surface area (Å²) in [6.45, 7) is 0.229. The van der Waals surface area contributed by atoms with Crippen LogP contribution in [0.5, 0.6) is 5.75 Å². The lowest BCUT2D eigenvalue weighted by Gasteiger charge is -2.29. The van der Waals surface area contributed by atoms with Gasteiger partial charge in [0.2, 0.25) is 0 Å². The van der Waals surface area contributed by atoms with E-state index in [1.54, 1.807) is 41.3 Å². The number of benzene rings is 2. The fourth-order valence-corrected chi connectivity index (χ4v) is 3.45. The van der Waals surface area contributed by atoms with Crippen molar-refractivity contribution in [2.75, 3.05) is 16.8 Å². The Morgan fingerprint density at radius 3 is 2.74 bits per heavy atom. The Kier molecular flexibility index (Phi) is 4.60. The first kappa shape index (κ1) is 17.2. The Hall–Kier alpha value is -3.19. The van der Waals surface area contributed by atoms with E-state index in [9.17, 15) is 14.0 Å². The number of hydrogen-bond donors (Lipinski definition) is 1. The molecule has 0 aliphatic carbocycles. The van der Waals surface area contributed by atoms with E-state index in [-0.39, 0.29) is 24.2 Å². The summed E-state index contributed by atoms with van der Waals surface area (Å²) in [6, 6.07) is 14.7. The maximum absolute atomic E-state index is 13.1. The number of rotatable bonds is 4. The minimum absolute atomic E-state index is 0.0868. The molecule has 1 N–H and O–H groups in total. The van der Waals surface area contributed by atoms with Crippen LogP contribution in [-0.2, 0) is 11.3 Å². The highest BCUT2D eigenvalue weighted by Crippen LogP contribution is 2.35. The lowest BCUT2D eigenvalue weighted by atomic mass is 10.1. The topological polar surface area (TPSA) is 58.6 Å². The minimum Gasteiger partial charge on any atom is -0.481 e. The van der Waals surface area contributed by atoms with Crippen molar-refractivity contribution in [3.8, 4) is 5.75 Å². The molecule has 2 aromatic carbocycles. The second-order valence-electron chi connectivity index (χ2n) is 6.01. The van der Waals surface area contributed by atoms with Crippen molar-refractivity contribution in [3.63, 3.8) is 0 Å². The summed E-state index contributed by atoms with van der Waals surface area (Å²) in [6.07, 6.45) is 0. The molecule has 2 amide bonds. The number of hydrogen-bond acceptors (Lipinski definition) is 4. The molecule has 0 saturated heterocycles. The number of nitrogens with zero attached hydrogens (tertiary/aromatic N) is 1. The van der Waals surface area contributed by atoms with Gasteiger partial charge in [-0.1, -0.05) is 18.2 Å². The number of nitrogens with one attached hydrogen (secondary N) is 1. The lowest BCUT2D eigenvalue weighted by molar-refractivity contribution is -0.121. The first-order chi connectivity index (χ1) is 13.1. The summed E-state index contributed by atoms with van der Waals surface area (Å²) in [5.41, 5.74) is 2.01. The van der Waals surface area contributed by atoms with Gasteiger partial charge in [-0.25, -0.2) is 4.39 Å². The highest BCUT2D eigenvalue weighted by molar-refractivity contribution is 7.12. The van der Waals surface area contributed by atoms with Crippen LogP contribution < -0.4 is 15.0 Å². The number of thiophene rings is 1. The van der Waals surface area contributed by atoms with E-state index in [4.69, 9.17) is 4.74 Å². The quantitative estimate of drug-likeness (QED) is 0.740. The number of amides is 2. The Morgan fingerprint density at radius 2 is 2.00 bits per heavy atom. The number of carbonyl (C=O) groups excluding carboxylic acids is 2. The second kappa shape index (κ2) is 7.20. The zero-order valence-electron chi connectivity index (χ0n) is 14.1. The largest absolute Gasteiger partial charge is 0.481 e. The monoisotopic (exact) mass is 382 g/mol. The van der Waals surface area contributed by atoms with Gasteiger partial charge in [0, 0.05) is 11.8 Å². The molecule has 0 radical (unpaired) electrons. The van der Waals surface area contributed by atoms with Crippen molar-refractivity contribution in [2.24, 2.45) is 0 Å². The highest BCUT2D eigenvalue weighted by atomic mass is 32.1. The third kappa shape index (κ3) is 3.68. The van der Waals surface area contributed by atoms with Crippen molar-refractivity contribution in [1.29, 1.82) is 0 Å². The Balaban J connectivity index is 1.56. The van der Waals surface area contributed by atoms with E-state index in [2.05, 4.69) is 5.32 Å². The van der Waals surface area contributed by atoms with E-state index >= 15 is 0 Å². The predicted octanol–water partition coefficient (Wildman–Crippen LogP) is 4.07. The van der Waals surface area contributed by atoms with Crippen LogP contribution in [0.15, 0.2) is 60.0 Å². The van der Waals surface area contributed by atoms with Gasteiger partial charge in [0.1, 0.15) is 11.6 Å². The number of halogens is 1. The molecule has 0 fully saturated rings. The molecule has 136 valence electrons. The summed E-state index contributed by atoms with van der Waals surface area (Å²) >= 11 is 1.36. The molecule has 0 atom stereocenters. The average molecular weight is 382 g/mol. The maximum Gasteiger partial charge on any atom is 0.265 e. The van der Waals surface area contributed by atoms with Gasteiger partial charge in [-0.15, -0.1) is 11.3 Å². The summed E-state index contributed by atoms with van der Waals surface area (Å²) in [5.74, 6) is -0.179. The van der Waals surface area contributed by atoms with Crippen LogP contribution in [0.25, 0.3) is 0 Å². The number of ether oxygens (including phenoxy) is 1. The number of fused-ring (bicyclic) bond motifs is 1. The molecule has 1 aliphatic heterocycles. The predicted molar refractivity (Wildman–Crippen MR) is 102 cm³/mol. The smallest absolute Gasteiger partial charge is 0.265 e. The molecule has 3 aromatic rings. The molecule has 0 bridgehead atoms. The van der Waals surface area contributed by atoms with Gasteiger partial charge in [0.05, 0.1) is 17.1 Å². The zero-order valence-corrected chi connectivity index (χ0v) is 15.0. The maximum atomic E-state index is 13.1. The first-order valence-corrected chi connectivity index (χ1v) is 9.14. The van der Waals surface area contributed by atoms with Gasteiger partial charge in [0.15, 0.2) is 6.61 Å². The minimum atomic E-state index is -0.321. The van der Waals surface area contributed by atoms with Gasteiger partial charge in [-0.2, -0.15) is 0 Å². The third-order valence-electron chi connectivity index (χ3n) is 4.16. The molecule has 1 aromatic heterocycles. The van der Waals surface area contributed by atoms with Crippen molar-refractivity contribution < 1.29 is 18.7 Å². The highest BCUT2D eigenvalue weighted by Gasteiger charge is 2.26. The molecular weight excluding hydrogens is 367 g/mol. The zero-order chi connectivity index (χ0) is 18.8. The fourth-order valence-electron chi connectivity index (χ4n) is 2.83. The van der Waals surface area contributed by atoms with Crippen molar-refractivity contribution in [1.82, 2.24) is 0 Å². The second-order valence-corrected chi connectivity index (χ2v) is 6.96. The van der Waals surface area contributed by atoms with Gasteiger partial charge in [-0.05, 0) is 41.3 Å². The average Bonchev–Trinajstić information content (AvgIpc) is 3.21. The Bertz CT molecular complexity index is 987. The van der Waals surface area contributed by atoms with Gasteiger partial charge in [0.25, 0.3) is 11.8 Å². The molecule has 2 heterocycles. The van der Waals surface area contributed by atoms with Crippen molar-refractivity contribution >= 4 is 34.5 Å². The number of anilines is 2. The van der Waals surface area contributed by atoms with E-state index in [0.717, 1.165) is 5.56 Å². The summed E-state index contributed by atoms with van der Waals surface area (Å²) in [7, 11) is 0. The number of carbonyl (C=O) groups is 2. The van der Waals surface area contributed by atoms with Gasteiger partial charge >= 0.3 is 0 Å². The fraction of sp³-hybridized carbons (Fsp3) is 0.100. The van der Waals surface area contributed by atoms with Crippen LogP contribution in [-0.4, -0.2) is 18.4 Å². The molecule has 1 aliphatic rings. The van der Waals surface area contributed by atoms with Gasteiger partial charge in [-0.3, -0.25) is 9.59 Å². The van der Waals surface area contributed by atoms with Crippen LogP contribution in [0.1, 0.15) is 15.2 Å². The van der Waals surface area contributed by atoms with E-state index in [1.165, 1.54) is 23.5 Å². The normalized spacial score (nSPS) is 13.1. The van der Waals surface area contributed by atoms with Crippen LogP contribution in [0.4, 0.5) is 15.8 Å². The van der Waals surface area contributed by atoms with E-state index in [1.807, 2.05) is 11.4 Å². The lowest BCUT2D eigenvalue weighted by Crippen LogP contribution is -2.38. The van der Waals surface area contributed by atoms with E-state index in [0.29, 0.717) is 28.5 Å². The van der Waals surface area contributed by atoms with Crippen molar-refractivity contribution in [2.45, 2.75) is 6.54 Å². The van der Waals surface area contributed by atoms with Gasteiger partial charge < -0.3 is 15.0 Å². The Labute approximate surface area is 159 Å². The standard InChI is InChI=1S/C20H15FN2O3S/c21-14-5-3-13(4-6-14)11-23-16-8-7-15(10-17(16)26-12-19(23)24)22-20(25)18-2-1-9-27-18/h1-10H,11-12H2,(H,22,25). The third-order valence-corrected chi connectivity index (χ3v) is 5.03. The molecule has 0 saturated carbocycles. The molecule has 4 rings (SSSR count). The summed E-state index contributed by atoms with van der Waals surface area (Å²) in [4.78, 5) is 26.7. The summed E-state index contributed by atoms with van der Waals surface area (Å²) in [5, 5.41) is 4.66. The molecule has 27 heavy (non-hydrogen) atoms. The molecule has 5 nitrogen and oxygen atoms in total. The van der Waals surface area contributed by atoms with Crippen LogP contribution in [0, 0.1) is 5.82 Å². The van der Waals surface area contributed by atoms with Crippen molar-refractivity contribution in [3.05, 3.63) is 76.2 Å². The molecule has 0 spiro atoms. The van der Waals surface area contributed by atoms with Crippen LogP contribution >= 0.6 is 11.3 Å². The van der Waals surface area contributed by atoms with Crippen LogP contribution in [0.3, 0.4) is 0 Å². The van der Waals surface area contributed by atoms with Crippen LogP contribution in [0.2, 0.25) is 0 Å². The first-order valence-electron chi connectivity index (χ1n) is 8.27. The molecular formula is C20H15FN2O3S. The van der Waals surface area contributed by atoms with E-state index < -0.39 is 0 Å².